The van der Waals surface area contributed by atoms with Gasteiger partial charge in [-0.05, 0) is 32.6 Å². The molecule has 4 heteroatoms. The van der Waals surface area contributed by atoms with Crippen LogP contribution in [0.4, 0.5) is 11.6 Å². The predicted octanol–water partition coefficient (Wildman–Crippen LogP) is 2.85. The molecule has 0 amide bonds. The number of nitrogens with one attached hydrogen (secondary N) is 1. The molecule has 4 nitrogen and oxygen atoms in total. The number of anilines is 2. The van der Waals surface area contributed by atoms with Gasteiger partial charge in [-0.2, -0.15) is 0 Å². The maximum Gasteiger partial charge on any atom is 0.137 e. The van der Waals surface area contributed by atoms with Gasteiger partial charge in [0.05, 0.1) is 0 Å². The van der Waals surface area contributed by atoms with Crippen molar-refractivity contribution in [3.05, 3.63) is 11.9 Å². The highest BCUT2D eigenvalue weighted by molar-refractivity contribution is 5.60. The summed E-state index contributed by atoms with van der Waals surface area (Å²) in [6.07, 6.45) is 6.37. The maximum atomic E-state index is 4.56. The van der Waals surface area contributed by atoms with E-state index in [1.807, 2.05) is 7.05 Å². The molecule has 1 aliphatic heterocycles. The van der Waals surface area contributed by atoms with Gasteiger partial charge in [-0.25, -0.2) is 9.97 Å². The summed E-state index contributed by atoms with van der Waals surface area (Å²) in [6.45, 7) is 6.74. The minimum atomic E-state index is 0.583. The van der Waals surface area contributed by atoms with Crippen molar-refractivity contribution >= 4 is 11.6 Å². The Hall–Kier alpha value is -1.32. The minimum Gasteiger partial charge on any atom is -0.373 e. The second kappa shape index (κ2) is 5.55. The molecule has 0 spiro atoms. The SMILES string of the molecule is CCc1c(NC)ncnc1N1C(C)CCC1CC. The van der Waals surface area contributed by atoms with Gasteiger partial charge in [0.2, 0.25) is 0 Å². The molecule has 2 heterocycles. The second-order valence-electron chi connectivity index (χ2n) is 5.02. The van der Waals surface area contributed by atoms with E-state index in [1.54, 1.807) is 6.33 Å². The molecule has 2 unspecified atom stereocenters. The molecule has 18 heavy (non-hydrogen) atoms. The molecule has 1 N–H and O–H groups in total. The molecule has 0 bridgehead atoms. The van der Waals surface area contributed by atoms with Crippen LogP contribution in [0.1, 0.15) is 45.6 Å². The van der Waals surface area contributed by atoms with Gasteiger partial charge < -0.3 is 10.2 Å². The standard InChI is InChI=1S/C14H24N4/c1-5-11-8-7-10(3)18(11)14-12(6-2)13(15-4)16-9-17-14/h9-11H,5-8H2,1-4H3,(H,15,16,17). The van der Waals surface area contributed by atoms with Gasteiger partial charge >= 0.3 is 0 Å². The van der Waals surface area contributed by atoms with Gasteiger partial charge in [0.1, 0.15) is 18.0 Å². The summed E-state index contributed by atoms with van der Waals surface area (Å²) in [5, 5.41) is 3.18. The molecule has 1 saturated heterocycles. The first-order chi connectivity index (χ1) is 8.72. The third-order valence-corrected chi connectivity index (χ3v) is 4.01. The summed E-state index contributed by atoms with van der Waals surface area (Å²) in [6, 6.07) is 1.21. The summed E-state index contributed by atoms with van der Waals surface area (Å²) in [5.74, 6) is 2.10. The zero-order chi connectivity index (χ0) is 13.1. The van der Waals surface area contributed by atoms with Gasteiger partial charge in [-0.1, -0.05) is 13.8 Å². The van der Waals surface area contributed by atoms with E-state index in [0.29, 0.717) is 12.1 Å². The van der Waals surface area contributed by atoms with E-state index < -0.39 is 0 Å². The van der Waals surface area contributed by atoms with Crippen LogP contribution < -0.4 is 10.2 Å². The van der Waals surface area contributed by atoms with Gasteiger partial charge in [0, 0.05) is 24.7 Å². The summed E-state index contributed by atoms with van der Waals surface area (Å²) in [7, 11) is 1.93. The molecule has 0 aromatic carbocycles. The average molecular weight is 248 g/mol. The van der Waals surface area contributed by atoms with E-state index in [9.17, 15) is 0 Å². The Morgan fingerprint density at radius 2 is 2.11 bits per heavy atom. The highest BCUT2D eigenvalue weighted by Gasteiger charge is 2.32. The quantitative estimate of drug-likeness (QED) is 0.889. The highest BCUT2D eigenvalue weighted by Crippen LogP contribution is 2.34. The van der Waals surface area contributed by atoms with Crippen molar-refractivity contribution in [1.82, 2.24) is 9.97 Å². The molecule has 100 valence electrons. The Morgan fingerprint density at radius 1 is 1.33 bits per heavy atom. The molecule has 2 atom stereocenters. The summed E-state index contributed by atoms with van der Waals surface area (Å²) in [5.41, 5.74) is 1.24. The van der Waals surface area contributed by atoms with Crippen LogP contribution in [-0.2, 0) is 6.42 Å². The normalized spacial score (nSPS) is 23.4. The van der Waals surface area contributed by atoms with Crippen molar-refractivity contribution < 1.29 is 0 Å². The van der Waals surface area contributed by atoms with Crippen molar-refractivity contribution in [2.45, 2.75) is 58.5 Å². The van der Waals surface area contributed by atoms with E-state index in [0.717, 1.165) is 18.1 Å². The Morgan fingerprint density at radius 3 is 2.72 bits per heavy atom. The predicted molar refractivity (Wildman–Crippen MR) is 76.2 cm³/mol. The van der Waals surface area contributed by atoms with E-state index in [2.05, 4.69) is 41.0 Å². The zero-order valence-electron chi connectivity index (χ0n) is 11.9. The largest absolute Gasteiger partial charge is 0.373 e. The third kappa shape index (κ3) is 2.16. The fourth-order valence-electron chi connectivity index (χ4n) is 3.02. The smallest absolute Gasteiger partial charge is 0.137 e. The van der Waals surface area contributed by atoms with E-state index in [-0.39, 0.29) is 0 Å². The molecule has 0 aliphatic carbocycles. The molecule has 1 aromatic rings. The van der Waals surface area contributed by atoms with Crippen LogP contribution in [0.15, 0.2) is 6.33 Å². The fourth-order valence-corrected chi connectivity index (χ4v) is 3.02. The maximum absolute atomic E-state index is 4.56. The van der Waals surface area contributed by atoms with Crippen LogP contribution in [0.5, 0.6) is 0 Å². The van der Waals surface area contributed by atoms with Gasteiger partial charge in [0.15, 0.2) is 0 Å². The summed E-state index contributed by atoms with van der Waals surface area (Å²) >= 11 is 0. The van der Waals surface area contributed by atoms with Crippen LogP contribution in [0.25, 0.3) is 0 Å². The number of aromatic nitrogens is 2. The molecular formula is C14H24N4. The second-order valence-corrected chi connectivity index (χ2v) is 5.02. The number of hydrogen-bond donors (Lipinski definition) is 1. The molecule has 2 rings (SSSR count). The van der Waals surface area contributed by atoms with Crippen LogP contribution in [0, 0.1) is 0 Å². The van der Waals surface area contributed by atoms with Crippen LogP contribution in [0.3, 0.4) is 0 Å². The average Bonchev–Trinajstić information content (AvgIpc) is 2.78. The van der Waals surface area contributed by atoms with Crippen molar-refractivity contribution in [3.63, 3.8) is 0 Å². The molecule has 1 aromatic heterocycles. The monoisotopic (exact) mass is 248 g/mol. The minimum absolute atomic E-state index is 0.583. The van der Waals surface area contributed by atoms with Crippen molar-refractivity contribution in [3.8, 4) is 0 Å². The molecule has 0 radical (unpaired) electrons. The van der Waals surface area contributed by atoms with E-state index in [4.69, 9.17) is 0 Å². The van der Waals surface area contributed by atoms with Crippen molar-refractivity contribution in [2.24, 2.45) is 0 Å². The van der Waals surface area contributed by atoms with Crippen molar-refractivity contribution in [1.29, 1.82) is 0 Å². The first kappa shape index (κ1) is 13.1. The lowest BCUT2D eigenvalue weighted by atomic mass is 10.1. The summed E-state index contributed by atoms with van der Waals surface area (Å²) < 4.78 is 0. The number of rotatable bonds is 4. The fraction of sp³-hybridized carbons (Fsp3) is 0.714. The first-order valence-electron chi connectivity index (χ1n) is 7.02. The number of nitrogens with zero attached hydrogens (tertiary/aromatic N) is 3. The Kier molecular flexibility index (Phi) is 4.04. The topological polar surface area (TPSA) is 41.1 Å². The lowest BCUT2D eigenvalue weighted by Gasteiger charge is -2.31. The molecule has 0 saturated carbocycles. The molecular weight excluding hydrogens is 224 g/mol. The van der Waals surface area contributed by atoms with Gasteiger partial charge in [-0.3, -0.25) is 0 Å². The van der Waals surface area contributed by atoms with Crippen LogP contribution in [0.2, 0.25) is 0 Å². The molecule has 1 aliphatic rings. The third-order valence-electron chi connectivity index (χ3n) is 4.01. The Balaban J connectivity index is 2.43. The zero-order valence-corrected chi connectivity index (χ0v) is 11.9. The van der Waals surface area contributed by atoms with E-state index >= 15 is 0 Å². The van der Waals surface area contributed by atoms with Gasteiger partial charge in [-0.15, -0.1) is 0 Å². The van der Waals surface area contributed by atoms with Gasteiger partial charge in [0.25, 0.3) is 0 Å². The Bertz CT molecular complexity index is 405. The lowest BCUT2D eigenvalue weighted by Crippen LogP contribution is -2.35. The highest BCUT2D eigenvalue weighted by atomic mass is 15.3. The molecule has 1 fully saturated rings. The summed E-state index contributed by atoms with van der Waals surface area (Å²) in [4.78, 5) is 11.4. The Labute approximate surface area is 110 Å². The van der Waals surface area contributed by atoms with E-state index in [1.165, 1.54) is 24.8 Å². The van der Waals surface area contributed by atoms with Crippen LogP contribution in [-0.4, -0.2) is 29.1 Å². The van der Waals surface area contributed by atoms with Crippen LogP contribution >= 0.6 is 0 Å². The first-order valence-corrected chi connectivity index (χ1v) is 7.02. The number of hydrogen-bond acceptors (Lipinski definition) is 4. The van der Waals surface area contributed by atoms with Crippen molar-refractivity contribution in [2.75, 3.05) is 17.3 Å². The lowest BCUT2D eigenvalue weighted by molar-refractivity contribution is 0.617.